The van der Waals surface area contributed by atoms with Gasteiger partial charge in [0.25, 0.3) is 5.91 Å². The standard InChI is InChI=1S/C22H24N4O4S/c1-3-4-19(27)23-17-10-8-16(9-11-17)21(29)25-26-22(31)24-20(28)14-7-15-5-12-18(30-2)13-6-15/h5-14H,3-4H2,1-2H3,(H,23,27)(H,25,29)(H2,24,26,28,31)/b14-7+. The highest BCUT2D eigenvalue weighted by Gasteiger charge is 2.08. The summed E-state index contributed by atoms with van der Waals surface area (Å²) in [4.78, 5) is 35.7. The number of hydrazine groups is 1. The largest absolute Gasteiger partial charge is 0.497 e. The minimum atomic E-state index is -0.449. The Hall–Kier alpha value is -3.72. The van der Waals surface area contributed by atoms with Gasteiger partial charge in [-0.2, -0.15) is 0 Å². The first-order valence-electron chi connectivity index (χ1n) is 9.54. The topological polar surface area (TPSA) is 109 Å². The van der Waals surface area contributed by atoms with E-state index in [0.717, 1.165) is 17.7 Å². The van der Waals surface area contributed by atoms with Gasteiger partial charge in [-0.3, -0.25) is 30.6 Å². The van der Waals surface area contributed by atoms with Crippen molar-refractivity contribution < 1.29 is 19.1 Å². The molecule has 2 aromatic carbocycles. The number of carbonyl (C=O) groups excluding carboxylic acids is 3. The first-order chi connectivity index (χ1) is 14.9. The average Bonchev–Trinajstić information content (AvgIpc) is 2.77. The number of ether oxygens (including phenoxy) is 1. The number of amides is 3. The van der Waals surface area contributed by atoms with Gasteiger partial charge in [0.2, 0.25) is 11.8 Å². The Bertz CT molecular complexity index is 956. The van der Waals surface area contributed by atoms with Crippen molar-refractivity contribution in [2.45, 2.75) is 19.8 Å². The molecule has 0 atom stereocenters. The van der Waals surface area contributed by atoms with E-state index in [2.05, 4.69) is 21.5 Å². The number of nitrogens with one attached hydrogen (secondary N) is 4. The Labute approximate surface area is 186 Å². The van der Waals surface area contributed by atoms with Crippen LogP contribution in [-0.4, -0.2) is 29.9 Å². The summed E-state index contributed by atoms with van der Waals surface area (Å²) < 4.78 is 5.08. The zero-order valence-corrected chi connectivity index (χ0v) is 18.0. The third-order valence-electron chi connectivity index (χ3n) is 3.98. The molecule has 2 aromatic rings. The van der Waals surface area contributed by atoms with Crippen LogP contribution >= 0.6 is 12.2 Å². The van der Waals surface area contributed by atoms with Crippen molar-refractivity contribution >= 4 is 46.8 Å². The maximum absolute atomic E-state index is 12.2. The second kappa shape index (κ2) is 12.1. The van der Waals surface area contributed by atoms with E-state index in [1.54, 1.807) is 61.7 Å². The molecule has 0 aliphatic rings. The van der Waals surface area contributed by atoms with E-state index in [1.807, 2.05) is 6.92 Å². The van der Waals surface area contributed by atoms with Crippen LogP contribution < -0.4 is 26.2 Å². The molecule has 9 heteroatoms. The van der Waals surface area contributed by atoms with Gasteiger partial charge in [-0.1, -0.05) is 19.1 Å². The summed E-state index contributed by atoms with van der Waals surface area (Å²) in [6.45, 7) is 1.92. The van der Waals surface area contributed by atoms with Crippen LogP contribution in [0.15, 0.2) is 54.6 Å². The van der Waals surface area contributed by atoms with Crippen LogP contribution in [0.1, 0.15) is 35.7 Å². The van der Waals surface area contributed by atoms with Gasteiger partial charge in [0.1, 0.15) is 5.75 Å². The van der Waals surface area contributed by atoms with Crippen LogP contribution in [0.2, 0.25) is 0 Å². The second-order valence-corrected chi connectivity index (χ2v) is 6.79. The molecule has 0 heterocycles. The maximum Gasteiger partial charge on any atom is 0.269 e. The molecule has 0 saturated carbocycles. The van der Waals surface area contributed by atoms with E-state index >= 15 is 0 Å². The third kappa shape index (κ3) is 8.27. The summed E-state index contributed by atoms with van der Waals surface area (Å²) in [5, 5.41) is 5.12. The molecule has 31 heavy (non-hydrogen) atoms. The molecule has 0 fully saturated rings. The summed E-state index contributed by atoms with van der Waals surface area (Å²) in [5.41, 5.74) is 6.65. The monoisotopic (exact) mass is 440 g/mol. The number of rotatable bonds is 7. The van der Waals surface area contributed by atoms with Gasteiger partial charge >= 0.3 is 0 Å². The SMILES string of the molecule is CCCC(=O)Nc1ccc(C(=O)NNC(=S)NC(=O)/C=C/c2ccc(OC)cc2)cc1. The fourth-order valence-corrected chi connectivity index (χ4v) is 2.56. The number of anilines is 1. The molecule has 3 amide bonds. The normalized spacial score (nSPS) is 10.3. The van der Waals surface area contributed by atoms with Crippen LogP contribution in [0.3, 0.4) is 0 Å². The lowest BCUT2D eigenvalue weighted by molar-refractivity contribution is -0.116. The van der Waals surface area contributed by atoms with Gasteiger partial charge in [-0.25, -0.2) is 0 Å². The lowest BCUT2D eigenvalue weighted by Crippen LogP contribution is -2.48. The van der Waals surface area contributed by atoms with E-state index < -0.39 is 11.8 Å². The Morgan fingerprint density at radius 3 is 2.29 bits per heavy atom. The molecule has 4 N–H and O–H groups in total. The Morgan fingerprint density at radius 2 is 1.68 bits per heavy atom. The first kappa shape index (κ1) is 23.6. The van der Waals surface area contributed by atoms with Gasteiger partial charge in [-0.05, 0) is 66.7 Å². The number of benzene rings is 2. The van der Waals surface area contributed by atoms with Gasteiger partial charge in [-0.15, -0.1) is 0 Å². The van der Waals surface area contributed by atoms with Crippen LogP contribution in [0.5, 0.6) is 5.75 Å². The highest BCUT2D eigenvalue weighted by atomic mass is 32.1. The number of hydrogen-bond donors (Lipinski definition) is 4. The van der Waals surface area contributed by atoms with Crippen molar-refractivity contribution in [3.8, 4) is 5.75 Å². The third-order valence-corrected chi connectivity index (χ3v) is 4.18. The lowest BCUT2D eigenvalue weighted by atomic mass is 10.2. The molecule has 0 aliphatic carbocycles. The molecule has 0 spiro atoms. The van der Waals surface area contributed by atoms with Gasteiger partial charge < -0.3 is 10.1 Å². The quantitative estimate of drug-likeness (QED) is 0.300. The van der Waals surface area contributed by atoms with Crippen molar-refractivity contribution in [2.24, 2.45) is 0 Å². The summed E-state index contributed by atoms with van der Waals surface area (Å²) >= 11 is 5.00. The Morgan fingerprint density at radius 1 is 1.00 bits per heavy atom. The smallest absolute Gasteiger partial charge is 0.269 e. The number of carbonyl (C=O) groups is 3. The predicted octanol–water partition coefficient (Wildman–Crippen LogP) is 2.78. The summed E-state index contributed by atoms with van der Waals surface area (Å²) in [5.74, 6) is -0.256. The van der Waals surface area contributed by atoms with Gasteiger partial charge in [0.15, 0.2) is 5.11 Å². The van der Waals surface area contributed by atoms with Crippen LogP contribution in [0.4, 0.5) is 5.69 Å². The van der Waals surface area contributed by atoms with E-state index in [4.69, 9.17) is 17.0 Å². The molecular weight excluding hydrogens is 416 g/mol. The molecule has 0 aromatic heterocycles. The van der Waals surface area contributed by atoms with Crippen molar-refractivity contribution in [1.29, 1.82) is 0 Å². The van der Waals surface area contributed by atoms with Crippen LogP contribution in [0.25, 0.3) is 6.08 Å². The lowest BCUT2D eigenvalue weighted by Gasteiger charge is -2.10. The molecule has 2 rings (SSSR count). The fourth-order valence-electron chi connectivity index (χ4n) is 2.41. The first-order valence-corrected chi connectivity index (χ1v) is 9.95. The van der Waals surface area contributed by atoms with Crippen molar-refractivity contribution in [3.05, 3.63) is 65.7 Å². The fraction of sp³-hybridized carbons (Fsp3) is 0.182. The summed E-state index contributed by atoms with van der Waals surface area (Å²) in [7, 11) is 1.58. The molecule has 0 saturated heterocycles. The highest BCUT2D eigenvalue weighted by Crippen LogP contribution is 2.12. The van der Waals surface area contributed by atoms with Crippen molar-refractivity contribution in [1.82, 2.24) is 16.2 Å². The van der Waals surface area contributed by atoms with E-state index in [9.17, 15) is 14.4 Å². The van der Waals surface area contributed by atoms with Crippen molar-refractivity contribution in [2.75, 3.05) is 12.4 Å². The number of methoxy groups -OCH3 is 1. The summed E-state index contributed by atoms with van der Waals surface area (Å²) in [6, 6.07) is 13.6. The molecule has 0 unspecified atom stereocenters. The number of hydrogen-bond acceptors (Lipinski definition) is 5. The van der Waals surface area contributed by atoms with Gasteiger partial charge in [0, 0.05) is 23.7 Å². The Kier molecular flexibility index (Phi) is 9.18. The van der Waals surface area contributed by atoms with Crippen LogP contribution in [-0.2, 0) is 9.59 Å². The van der Waals surface area contributed by atoms with E-state index in [-0.39, 0.29) is 11.0 Å². The maximum atomic E-state index is 12.2. The average molecular weight is 441 g/mol. The van der Waals surface area contributed by atoms with E-state index in [0.29, 0.717) is 17.7 Å². The molecule has 8 nitrogen and oxygen atoms in total. The second-order valence-electron chi connectivity index (χ2n) is 6.38. The number of thiocarbonyl (C=S) groups is 1. The molecular formula is C22H24N4O4S. The molecule has 0 bridgehead atoms. The minimum Gasteiger partial charge on any atom is -0.497 e. The molecule has 0 aliphatic heterocycles. The predicted molar refractivity (Wildman–Crippen MR) is 123 cm³/mol. The summed E-state index contributed by atoms with van der Waals surface area (Å²) in [6.07, 6.45) is 4.14. The zero-order valence-electron chi connectivity index (χ0n) is 17.2. The highest BCUT2D eigenvalue weighted by molar-refractivity contribution is 7.80. The van der Waals surface area contributed by atoms with Crippen LogP contribution in [0, 0.1) is 0 Å². The Balaban J connectivity index is 1.77. The molecule has 162 valence electrons. The molecule has 0 radical (unpaired) electrons. The minimum absolute atomic E-state index is 0.0545. The zero-order chi connectivity index (χ0) is 22.6. The van der Waals surface area contributed by atoms with Crippen molar-refractivity contribution in [3.63, 3.8) is 0 Å². The van der Waals surface area contributed by atoms with E-state index in [1.165, 1.54) is 6.08 Å². The van der Waals surface area contributed by atoms with Gasteiger partial charge in [0.05, 0.1) is 7.11 Å².